The zero-order valence-electron chi connectivity index (χ0n) is 12.7. The second-order valence-corrected chi connectivity index (χ2v) is 6.43. The Labute approximate surface area is 116 Å². The van der Waals surface area contributed by atoms with E-state index in [-0.39, 0.29) is 11.2 Å². The first-order valence-electron chi connectivity index (χ1n) is 7.04. The average Bonchev–Trinajstić information content (AvgIpc) is 2.61. The van der Waals surface area contributed by atoms with Gasteiger partial charge in [-0.05, 0) is 40.3 Å². The van der Waals surface area contributed by atoms with Crippen LogP contribution >= 0.6 is 0 Å². The first-order chi connectivity index (χ1) is 8.83. The minimum atomic E-state index is -0.249. The third-order valence-corrected chi connectivity index (χ3v) is 3.24. The van der Waals surface area contributed by atoms with E-state index in [0.717, 1.165) is 31.0 Å². The molecule has 106 valence electrons. The maximum atomic E-state index is 6.15. The van der Waals surface area contributed by atoms with Gasteiger partial charge in [0.25, 0.3) is 0 Å². The molecule has 0 unspecified atom stereocenters. The van der Waals surface area contributed by atoms with Crippen molar-refractivity contribution in [3.63, 3.8) is 0 Å². The molecule has 1 heterocycles. The van der Waals surface area contributed by atoms with Crippen LogP contribution in [0.5, 0.6) is 11.5 Å². The minimum absolute atomic E-state index is 0.131. The lowest BCUT2D eigenvalue weighted by Crippen LogP contribution is -2.40. The fourth-order valence-corrected chi connectivity index (χ4v) is 2.43. The summed E-state index contributed by atoms with van der Waals surface area (Å²) in [5.41, 5.74) is 0.858. The highest BCUT2D eigenvalue weighted by Crippen LogP contribution is 2.42. The average molecular weight is 263 g/mol. The van der Waals surface area contributed by atoms with Crippen molar-refractivity contribution in [2.75, 3.05) is 13.1 Å². The lowest BCUT2D eigenvalue weighted by Gasteiger charge is -2.28. The first kappa shape index (κ1) is 14.2. The van der Waals surface area contributed by atoms with Gasteiger partial charge in [-0.15, -0.1) is 0 Å². The molecule has 0 aliphatic carbocycles. The van der Waals surface area contributed by atoms with Crippen molar-refractivity contribution in [1.29, 1.82) is 0 Å². The van der Waals surface area contributed by atoms with Crippen LogP contribution in [0.25, 0.3) is 0 Å². The van der Waals surface area contributed by atoms with Gasteiger partial charge in [0.1, 0.15) is 11.2 Å². The van der Waals surface area contributed by atoms with E-state index in [1.165, 1.54) is 5.56 Å². The number of rotatable bonds is 5. The molecule has 0 aromatic heterocycles. The summed E-state index contributed by atoms with van der Waals surface area (Å²) in [6, 6.07) is 6.16. The predicted molar refractivity (Wildman–Crippen MR) is 78.1 cm³/mol. The van der Waals surface area contributed by atoms with Gasteiger partial charge >= 0.3 is 0 Å². The second kappa shape index (κ2) is 5.04. The summed E-state index contributed by atoms with van der Waals surface area (Å²) in [6.07, 6.45) is 0.938. The normalized spacial score (nSPS) is 16.9. The highest BCUT2D eigenvalue weighted by Gasteiger charge is 2.33. The molecule has 3 heteroatoms. The minimum Gasteiger partial charge on any atom is -0.483 e. The van der Waals surface area contributed by atoms with Crippen molar-refractivity contribution < 1.29 is 9.47 Å². The standard InChI is InChI=1S/C16H25NO2/c1-6-17-11-16(4,5)18-13-9-7-8-12-10-15(2,3)19-14(12)13/h7-9,17H,6,10-11H2,1-5H3. The molecule has 0 amide bonds. The zero-order chi connectivity index (χ0) is 14.1. The van der Waals surface area contributed by atoms with Crippen molar-refractivity contribution in [3.8, 4) is 11.5 Å². The molecular formula is C16H25NO2. The molecule has 0 atom stereocenters. The number of hydrogen-bond acceptors (Lipinski definition) is 3. The Morgan fingerprint density at radius 1 is 1.37 bits per heavy atom. The van der Waals surface area contributed by atoms with Crippen molar-refractivity contribution in [1.82, 2.24) is 5.32 Å². The SMILES string of the molecule is CCNCC(C)(C)Oc1cccc2c1OC(C)(C)C2. The summed E-state index contributed by atoms with van der Waals surface area (Å²) in [7, 11) is 0. The quantitative estimate of drug-likeness (QED) is 0.885. The van der Waals surface area contributed by atoms with Crippen LogP contribution in [0.15, 0.2) is 18.2 Å². The molecular weight excluding hydrogens is 238 g/mol. The lowest BCUT2D eigenvalue weighted by molar-refractivity contribution is 0.0898. The summed E-state index contributed by atoms with van der Waals surface area (Å²) in [6.45, 7) is 12.3. The molecule has 0 saturated carbocycles. The largest absolute Gasteiger partial charge is 0.483 e. The molecule has 1 aliphatic rings. The summed E-state index contributed by atoms with van der Waals surface area (Å²) in [5.74, 6) is 1.77. The summed E-state index contributed by atoms with van der Waals surface area (Å²) < 4.78 is 12.2. The van der Waals surface area contributed by atoms with Gasteiger partial charge < -0.3 is 14.8 Å². The van der Waals surface area contributed by atoms with Gasteiger partial charge in [-0.2, -0.15) is 0 Å². The Morgan fingerprint density at radius 2 is 2.11 bits per heavy atom. The van der Waals surface area contributed by atoms with Crippen LogP contribution in [0.1, 0.15) is 40.2 Å². The van der Waals surface area contributed by atoms with Crippen LogP contribution in [0, 0.1) is 0 Å². The summed E-state index contributed by atoms with van der Waals surface area (Å²) in [4.78, 5) is 0. The van der Waals surface area contributed by atoms with Crippen LogP contribution in [0.3, 0.4) is 0 Å². The van der Waals surface area contributed by atoms with Crippen LogP contribution in [0.4, 0.5) is 0 Å². The molecule has 3 nitrogen and oxygen atoms in total. The van der Waals surface area contributed by atoms with Crippen molar-refractivity contribution in [2.24, 2.45) is 0 Å². The topological polar surface area (TPSA) is 30.5 Å². The third kappa shape index (κ3) is 3.41. The van der Waals surface area contributed by atoms with Gasteiger partial charge in [-0.25, -0.2) is 0 Å². The molecule has 1 aromatic rings. The van der Waals surface area contributed by atoms with E-state index in [1.54, 1.807) is 0 Å². The molecule has 0 spiro atoms. The van der Waals surface area contributed by atoms with Crippen LogP contribution in [-0.4, -0.2) is 24.3 Å². The monoisotopic (exact) mass is 263 g/mol. The van der Waals surface area contributed by atoms with Gasteiger partial charge in [-0.3, -0.25) is 0 Å². The number of para-hydroxylation sites is 1. The van der Waals surface area contributed by atoms with Gasteiger partial charge in [0.05, 0.1) is 0 Å². The smallest absolute Gasteiger partial charge is 0.165 e. The van der Waals surface area contributed by atoms with Gasteiger partial charge in [0, 0.05) is 18.5 Å². The van der Waals surface area contributed by atoms with Crippen LogP contribution in [-0.2, 0) is 6.42 Å². The molecule has 1 aromatic carbocycles. The second-order valence-electron chi connectivity index (χ2n) is 6.43. The van der Waals surface area contributed by atoms with Gasteiger partial charge in [0.15, 0.2) is 11.5 Å². The number of likely N-dealkylation sites (N-methyl/N-ethyl adjacent to an activating group) is 1. The van der Waals surface area contributed by atoms with E-state index in [2.05, 4.69) is 46.0 Å². The van der Waals surface area contributed by atoms with Gasteiger partial charge in [-0.1, -0.05) is 19.1 Å². The molecule has 0 bridgehead atoms. The Balaban J connectivity index is 2.17. The molecule has 19 heavy (non-hydrogen) atoms. The highest BCUT2D eigenvalue weighted by molar-refractivity contribution is 5.50. The van der Waals surface area contributed by atoms with Crippen LogP contribution < -0.4 is 14.8 Å². The van der Waals surface area contributed by atoms with E-state index >= 15 is 0 Å². The van der Waals surface area contributed by atoms with Crippen molar-refractivity contribution >= 4 is 0 Å². The summed E-state index contributed by atoms with van der Waals surface area (Å²) >= 11 is 0. The third-order valence-electron chi connectivity index (χ3n) is 3.24. The Bertz CT molecular complexity index is 452. The van der Waals surface area contributed by atoms with E-state index in [9.17, 15) is 0 Å². The molecule has 1 aliphatic heterocycles. The maximum Gasteiger partial charge on any atom is 0.165 e. The Hall–Kier alpha value is -1.22. The Morgan fingerprint density at radius 3 is 2.79 bits per heavy atom. The number of hydrogen-bond donors (Lipinski definition) is 1. The van der Waals surface area contributed by atoms with Crippen LogP contribution in [0.2, 0.25) is 0 Å². The number of benzene rings is 1. The highest BCUT2D eigenvalue weighted by atomic mass is 16.5. The predicted octanol–water partition coefficient (Wildman–Crippen LogP) is 3.17. The fraction of sp³-hybridized carbons (Fsp3) is 0.625. The van der Waals surface area contributed by atoms with E-state index < -0.39 is 0 Å². The molecule has 2 rings (SSSR count). The number of fused-ring (bicyclic) bond motifs is 1. The number of ether oxygens (including phenoxy) is 2. The summed E-state index contributed by atoms with van der Waals surface area (Å²) in [5, 5.41) is 3.33. The van der Waals surface area contributed by atoms with Crippen molar-refractivity contribution in [2.45, 2.75) is 52.2 Å². The molecule has 0 radical (unpaired) electrons. The van der Waals surface area contributed by atoms with E-state index in [0.29, 0.717) is 0 Å². The first-order valence-corrected chi connectivity index (χ1v) is 7.04. The van der Waals surface area contributed by atoms with E-state index in [4.69, 9.17) is 9.47 Å². The maximum absolute atomic E-state index is 6.15. The van der Waals surface area contributed by atoms with Gasteiger partial charge in [0.2, 0.25) is 0 Å². The van der Waals surface area contributed by atoms with E-state index in [1.807, 2.05) is 12.1 Å². The fourth-order valence-electron chi connectivity index (χ4n) is 2.43. The molecule has 1 N–H and O–H groups in total. The molecule has 0 saturated heterocycles. The van der Waals surface area contributed by atoms with Crippen molar-refractivity contribution in [3.05, 3.63) is 23.8 Å². The lowest BCUT2D eigenvalue weighted by atomic mass is 10.0. The Kier molecular flexibility index (Phi) is 3.77. The number of nitrogens with one attached hydrogen (secondary N) is 1. The zero-order valence-corrected chi connectivity index (χ0v) is 12.7. The molecule has 0 fully saturated rings.